The lowest BCUT2D eigenvalue weighted by Gasteiger charge is -2.71. The van der Waals surface area contributed by atoms with E-state index in [1.807, 2.05) is 0 Å². The van der Waals surface area contributed by atoms with Crippen LogP contribution in [0.25, 0.3) is 0 Å². The standard InChI is InChI=1S/C30H48O4/c1-25(2)12-13-27(5)14-15-30(24(33)34)18(19(27)16-25)8-9-21-28(6)11-10-22(32)26(3,4)23(28)20(31)17-29(21,30)7/h8,19-23,31-32H,9-17H2,1-7H3,(H,33,34)/t19-,20+,21+,22-,23-,27+,28+,29+,30+/m0/s1. The highest BCUT2D eigenvalue weighted by molar-refractivity contribution is 5.81. The van der Waals surface area contributed by atoms with E-state index in [4.69, 9.17) is 0 Å². The summed E-state index contributed by atoms with van der Waals surface area (Å²) in [6.07, 6.45) is 9.45. The van der Waals surface area contributed by atoms with Crippen molar-refractivity contribution in [3.05, 3.63) is 11.6 Å². The Labute approximate surface area is 206 Å². The lowest BCUT2D eigenvalue weighted by atomic mass is 9.33. The molecule has 5 aliphatic carbocycles. The van der Waals surface area contributed by atoms with Gasteiger partial charge >= 0.3 is 5.97 Å². The van der Waals surface area contributed by atoms with Gasteiger partial charge in [-0.05, 0) is 103 Å². The van der Waals surface area contributed by atoms with Crippen LogP contribution in [0.15, 0.2) is 11.6 Å². The van der Waals surface area contributed by atoms with E-state index in [0.29, 0.717) is 18.8 Å². The predicted molar refractivity (Wildman–Crippen MR) is 134 cm³/mol. The lowest BCUT2D eigenvalue weighted by molar-refractivity contribution is -0.245. The number of hydrogen-bond donors (Lipinski definition) is 3. The molecule has 192 valence electrons. The van der Waals surface area contributed by atoms with Gasteiger partial charge in [0.25, 0.3) is 0 Å². The van der Waals surface area contributed by atoms with Gasteiger partial charge in [-0.1, -0.05) is 60.1 Å². The maximum atomic E-state index is 13.5. The highest BCUT2D eigenvalue weighted by atomic mass is 16.4. The fourth-order valence-corrected chi connectivity index (χ4v) is 10.8. The predicted octanol–water partition coefficient (Wildman–Crippen LogP) is 6.20. The number of fused-ring (bicyclic) bond motifs is 7. The van der Waals surface area contributed by atoms with E-state index in [0.717, 1.165) is 32.1 Å². The van der Waals surface area contributed by atoms with Crippen LogP contribution in [0.2, 0.25) is 0 Å². The van der Waals surface area contributed by atoms with E-state index in [2.05, 4.69) is 54.5 Å². The fourth-order valence-electron chi connectivity index (χ4n) is 10.8. The van der Waals surface area contributed by atoms with E-state index in [9.17, 15) is 20.1 Å². The number of aliphatic hydroxyl groups excluding tert-OH is 2. The van der Waals surface area contributed by atoms with Crippen LogP contribution in [0, 0.1) is 50.2 Å². The Morgan fingerprint density at radius 3 is 2.21 bits per heavy atom. The van der Waals surface area contributed by atoms with Crippen LogP contribution < -0.4 is 0 Å². The van der Waals surface area contributed by atoms with Gasteiger partial charge in [0.15, 0.2) is 0 Å². The summed E-state index contributed by atoms with van der Waals surface area (Å²) in [5, 5.41) is 33.7. The molecule has 0 radical (unpaired) electrons. The molecule has 0 aromatic rings. The third-order valence-corrected chi connectivity index (χ3v) is 12.7. The van der Waals surface area contributed by atoms with Gasteiger partial charge in [-0.15, -0.1) is 0 Å². The molecule has 0 aromatic heterocycles. The second-order valence-electron chi connectivity index (χ2n) is 15.3. The fraction of sp³-hybridized carbons (Fsp3) is 0.900. The summed E-state index contributed by atoms with van der Waals surface area (Å²) in [5.74, 6) is -0.182. The molecule has 4 heteroatoms. The van der Waals surface area contributed by atoms with Crippen LogP contribution in [0.3, 0.4) is 0 Å². The Bertz CT molecular complexity index is 919. The summed E-state index contributed by atoms with van der Waals surface area (Å²) in [7, 11) is 0. The highest BCUT2D eigenvalue weighted by Crippen LogP contribution is 2.75. The first-order valence-corrected chi connectivity index (χ1v) is 13.9. The second-order valence-corrected chi connectivity index (χ2v) is 15.3. The average molecular weight is 473 g/mol. The maximum absolute atomic E-state index is 13.5. The van der Waals surface area contributed by atoms with Crippen LogP contribution >= 0.6 is 0 Å². The SMILES string of the molecule is CC1(C)CC[C@]2(C)CC[C@]3(C(=O)O)C(=CC[C@@H]4[C@@]5(C)CC[C@H](O)C(C)(C)[C@@H]5[C@H](O)C[C@]43C)[C@@H]2C1. The molecule has 0 spiro atoms. The molecule has 9 atom stereocenters. The Balaban J connectivity index is 1.67. The first kappa shape index (κ1) is 24.8. The molecule has 4 nitrogen and oxygen atoms in total. The van der Waals surface area contributed by atoms with Gasteiger partial charge in [0.05, 0.1) is 17.6 Å². The van der Waals surface area contributed by atoms with Crippen molar-refractivity contribution >= 4 is 5.97 Å². The first-order valence-electron chi connectivity index (χ1n) is 13.9. The summed E-state index contributed by atoms with van der Waals surface area (Å²) in [5.41, 5.74) is -0.349. The van der Waals surface area contributed by atoms with Crippen molar-refractivity contribution < 1.29 is 20.1 Å². The van der Waals surface area contributed by atoms with Crippen LogP contribution in [0.4, 0.5) is 0 Å². The molecular formula is C30H48O4. The number of carboxylic acid groups (broad SMARTS) is 1. The minimum atomic E-state index is -0.900. The molecule has 0 aromatic carbocycles. The molecule has 0 bridgehead atoms. The molecule has 5 aliphatic rings. The number of carbonyl (C=O) groups is 1. The number of aliphatic carboxylic acids is 1. The number of carboxylic acids is 1. The summed E-state index contributed by atoms with van der Waals surface area (Å²) in [4.78, 5) is 13.5. The number of rotatable bonds is 1. The quantitative estimate of drug-likeness (QED) is 0.397. The van der Waals surface area contributed by atoms with Crippen molar-refractivity contribution in [1.82, 2.24) is 0 Å². The Hall–Kier alpha value is -0.870. The van der Waals surface area contributed by atoms with Gasteiger partial charge in [-0.3, -0.25) is 4.79 Å². The largest absolute Gasteiger partial charge is 0.481 e. The van der Waals surface area contributed by atoms with Crippen molar-refractivity contribution in [3.63, 3.8) is 0 Å². The van der Waals surface area contributed by atoms with E-state index < -0.39 is 29.0 Å². The molecule has 34 heavy (non-hydrogen) atoms. The third kappa shape index (κ3) is 2.88. The molecule has 0 amide bonds. The van der Waals surface area contributed by atoms with Crippen molar-refractivity contribution in [1.29, 1.82) is 0 Å². The van der Waals surface area contributed by atoms with Crippen molar-refractivity contribution in [2.24, 2.45) is 50.2 Å². The zero-order valence-corrected chi connectivity index (χ0v) is 22.6. The third-order valence-electron chi connectivity index (χ3n) is 12.7. The van der Waals surface area contributed by atoms with E-state index in [1.54, 1.807) is 0 Å². The van der Waals surface area contributed by atoms with E-state index >= 15 is 0 Å². The zero-order valence-electron chi connectivity index (χ0n) is 22.6. The van der Waals surface area contributed by atoms with Crippen LogP contribution in [0.5, 0.6) is 0 Å². The van der Waals surface area contributed by atoms with Gasteiger partial charge in [-0.25, -0.2) is 0 Å². The highest BCUT2D eigenvalue weighted by Gasteiger charge is 2.73. The van der Waals surface area contributed by atoms with E-state index in [-0.39, 0.29) is 33.5 Å². The van der Waals surface area contributed by atoms with E-state index in [1.165, 1.54) is 18.4 Å². The maximum Gasteiger partial charge on any atom is 0.314 e. The smallest absolute Gasteiger partial charge is 0.314 e. The molecule has 4 fully saturated rings. The first-order chi connectivity index (χ1) is 15.6. The van der Waals surface area contributed by atoms with Gasteiger partial charge in [-0.2, -0.15) is 0 Å². The minimum Gasteiger partial charge on any atom is -0.481 e. The van der Waals surface area contributed by atoms with Crippen LogP contribution in [0.1, 0.15) is 106 Å². The number of allylic oxidation sites excluding steroid dienone is 1. The minimum absolute atomic E-state index is 0.0231. The summed E-state index contributed by atoms with van der Waals surface area (Å²) in [6.45, 7) is 15.9. The molecular weight excluding hydrogens is 424 g/mol. The number of hydrogen-bond acceptors (Lipinski definition) is 3. The van der Waals surface area contributed by atoms with Crippen molar-refractivity contribution in [2.45, 2.75) is 118 Å². The average Bonchev–Trinajstić information content (AvgIpc) is 2.70. The topological polar surface area (TPSA) is 77.8 Å². The Morgan fingerprint density at radius 1 is 0.912 bits per heavy atom. The monoisotopic (exact) mass is 472 g/mol. The Morgan fingerprint density at radius 2 is 1.56 bits per heavy atom. The summed E-state index contributed by atoms with van der Waals surface area (Å²) in [6, 6.07) is 0. The van der Waals surface area contributed by atoms with Gasteiger partial charge in [0.2, 0.25) is 0 Å². The summed E-state index contributed by atoms with van der Waals surface area (Å²) >= 11 is 0. The Kier molecular flexibility index (Phi) is 5.20. The zero-order chi connectivity index (χ0) is 25.1. The van der Waals surface area contributed by atoms with Gasteiger partial charge in [0, 0.05) is 0 Å². The summed E-state index contributed by atoms with van der Waals surface area (Å²) < 4.78 is 0. The van der Waals surface area contributed by atoms with Crippen molar-refractivity contribution in [2.75, 3.05) is 0 Å². The molecule has 0 unspecified atom stereocenters. The van der Waals surface area contributed by atoms with Crippen LogP contribution in [-0.2, 0) is 4.79 Å². The molecule has 0 heterocycles. The molecule has 0 aliphatic heterocycles. The van der Waals surface area contributed by atoms with Crippen LogP contribution in [-0.4, -0.2) is 33.5 Å². The normalized spacial score (nSPS) is 53.4. The molecule has 5 rings (SSSR count). The van der Waals surface area contributed by atoms with Gasteiger partial charge in [0.1, 0.15) is 0 Å². The second kappa shape index (κ2) is 7.12. The molecule has 0 saturated heterocycles. The van der Waals surface area contributed by atoms with Gasteiger partial charge < -0.3 is 15.3 Å². The molecule has 4 saturated carbocycles. The van der Waals surface area contributed by atoms with Crippen molar-refractivity contribution in [3.8, 4) is 0 Å². The lowest BCUT2D eigenvalue weighted by Crippen LogP contribution is -2.69. The number of aliphatic hydroxyl groups is 2. The molecule has 3 N–H and O–H groups in total.